The van der Waals surface area contributed by atoms with Crippen LogP contribution in [0, 0.1) is 0 Å². The van der Waals surface area contributed by atoms with Crippen LogP contribution in [0.3, 0.4) is 0 Å². The van der Waals surface area contributed by atoms with Gasteiger partial charge in [0.2, 0.25) is 34.5 Å². The average molecular weight is 1030 g/mol. The molecule has 372 valence electrons. The highest BCUT2D eigenvalue weighted by molar-refractivity contribution is 7.16. The van der Waals surface area contributed by atoms with Gasteiger partial charge in [0.15, 0.2) is 44.3 Å². The van der Waals surface area contributed by atoms with E-state index in [9.17, 15) is 9.59 Å². The number of ether oxygens (including phenoxy) is 6. The highest BCUT2D eigenvalue weighted by Crippen LogP contribution is 2.41. The van der Waals surface area contributed by atoms with Crippen molar-refractivity contribution in [2.24, 2.45) is 11.5 Å². The van der Waals surface area contributed by atoms with Crippen LogP contribution in [0.5, 0.6) is 34.5 Å². The maximum absolute atomic E-state index is 11.9. The number of fused-ring (bicyclic) bond motifs is 2. The molecular weight excluding hydrogens is 980 g/mol. The summed E-state index contributed by atoms with van der Waals surface area (Å²) in [6.45, 7) is 1.60. The summed E-state index contributed by atoms with van der Waals surface area (Å²) in [5, 5.41) is 9.50. The van der Waals surface area contributed by atoms with Gasteiger partial charge in [-0.05, 0) is 43.8 Å². The minimum Gasteiger partial charge on any atom is -0.493 e. The maximum atomic E-state index is 11.9. The van der Waals surface area contributed by atoms with Crippen molar-refractivity contribution in [1.82, 2.24) is 54.3 Å². The Balaban J connectivity index is 0.000000167. The van der Waals surface area contributed by atoms with E-state index in [0.29, 0.717) is 97.4 Å². The Bertz CT molecular complexity index is 3110. The van der Waals surface area contributed by atoms with Crippen LogP contribution in [-0.2, 0) is 9.59 Å². The predicted octanol–water partition coefficient (Wildman–Crippen LogP) is 5.41. The van der Waals surface area contributed by atoms with Crippen LogP contribution in [0.2, 0.25) is 5.28 Å². The molecule has 6 aromatic heterocycles. The number of thiazole rings is 2. The number of nitrogens with one attached hydrogen (secondary N) is 3. The maximum Gasteiger partial charge on any atom is 0.240 e. The highest BCUT2D eigenvalue weighted by atomic mass is 35.5. The molecule has 0 spiro atoms. The van der Waals surface area contributed by atoms with E-state index in [1.54, 1.807) is 72.5 Å². The van der Waals surface area contributed by atoms with Crippen molar-refractivity contribution < 1.29 is 38.0 Å². The standard InChI is InChI=1S/C22H24N8O4S.C17H15ClN6O3S.C5H10N2O/c1-32-14-7-12(8-15(33-2)18(14)34-3)29-9-16(24-10-29)26-20-17-21(35-11-25-17)28-22(27-20)30-6-4-5-13(30)19(23)31;1-25-10-4-9(5-11(26-2)14(10)27-3)24-6-12(19-7-24)21-15-13-16(28-8-20-13)23-17(18)22-15;6-5(8)4-2-1-3-7-4/h7-11,13H,4-6H2,1-3H3,(H2,23,31)(H,26,27,28);4-8H,1-3H3,(H,21,22,23);4,7H,1-3H2,(H2,6,8)/t13-;;4-/m1.1/s1. The average Bonchev–Trinajstić information content (AvgIpc) is 4.24. The number of nitrogens with two attached hydrogens (primary N) is 2. The number of anilines is 5. The summed E-state index contributed by atoms with van der Waals surface area (Å²) in [7, 11) is 9.39. The minimum absolute atomic E-state index is 0.0463. The molecule has 2 aliphatic rings. The van der Waals surface area contributed by atoms with Gasteiger partial charge in [0.25, 0.3) is 0 Å². The molecule has 2 aromatic carbocycles. The molecule has 8 heterocycles. The molecule has 2 amide bonds. The molecule has 2 saturated heterocycles. The van der Waals surface area contributed by atoms with E-state index in [1.807, 2.05) is 44.5 Å². The van der Waals surface area contributed by atoms with Crippen LogP contribution >= 0.6 is 34.3 Å². The van der Waals surface area contributed by atoms with E-state index in [2.05, 4.69) is 55.8 Å². The van der Waals surface area contributed by atoms with E-state index in [1.165, 1.54) is 22.7 Å². The number of rotatable bonds is 15. The first kappa shape index (κ1) is 49.6. The van der Waals surface area contributed by atoms with E-state index in [-0.39, 0.29) is 23.1 Å². The Kier molecular flexibility index (Phi) is 15.6. The van der Waals surface area contributed by atoms with Crippen LogP contribution in [0.4, 0.5) is 29.2 Å². The lowest BCUT2D eigenvalue weighted by Crippen LogP contribution is -2.41. The van der Waals surface area contributed by atoms with Gasteiger partial charge < -0.3 is 69.9 Å². The lowest BCUT2D eigenvalue weighted by atomic mass is 10.2. The number of nitrogens with zero attached hydrogens (tertiary/aromatic N) is 11. The zero-order chi connectivity index (χ0) is 50.2. The number of hydrogen-bond acceptors (Lipinski definition) is 22. The molecule has 2 fully saturated rings. The number of halogens is 1. The monoisotopic (exact) mass is 1030 g/mol. The first-order valence-corrected chi connectivity index (χ1v) is 23.8. The van der Waals surface area contributed by atoms with Gasteiger partial charge in [-0.2, -0.15) is 15.0 Å². The second kappa shape index (κ2) is 22.3. The zero-order valence-electron chi connectivity index (χ0n) is 39.2. The Morgan fingerprint density at radius 1 is 0.662 bits per heavy atom. The van der Waals surface area contributed by atoms with Crippen molar-refractivity contribution in [3.8, 4) is 45.9 Å². The van der Waals surface area contributed by atoms with Crippen molar-refractivity contribution in [1.29, 1.82) is 0 Å². The van der Waals surface area contributed by atoms with Gasteiger partial charge in [-0.1, -0.05) is 0 Å². The lowest BCUT2D eigenvalue weighted by molar-refractivity contribution is -0.120. The molecule has 27 heteroatoms. The van der Waals surface area contributed by atoms with E-state index < -0.39 is 6.04 Å². The fraction of sp³-hybridized carbons (Fsp3) is 0.318. The fourth-order valence-corrected chi connectivity index (χ4v) is 9.28. The molecule has 2 atom stereocenters. The van der Waals surface area contributed by atoms with Crippen molar-refractivity contribution in [2.45, 2.75) is 37.8 Å². The minimum atomic E-state index is -0.424. The van der Waals surface area contributed by atoms with Crippen LogP contribution in [0.1, 0.15) is 25.7 Å². The first-order chi connectivity index (χ1) is 34.4. The molecule has 24 nitrogen and oxygen atoms in total. The normalized spacial score (nSPS) is 15.1. The summed E-state index contributed by atoms with van der Waals surface area (Å²) in [5.74, 6) is 5.13. The van der Waals surface area contributed by atoms with E-state index in [0.717, 1.165) is 37.2 Å². The lowest BCUT2D eigenvalue weighted by Gasteiger charge is -2.22. The summed E-state index contributed by atoms with van der Waals surface area (Å²) in [6, 6.07) is 6.83. The number of amides is 2. The Hall–Kier alpha value is -7.81. The van der Waals surface area contributed by atoms with Gasteiger partial charge in [-0.25, -0.2) is 24.9 Å². The Morgan fingerprint density at radius 2 is 1.17 bits per heavy atom. The third kappa shape index (κ3) is 11.0. The van der Waals surface area contributed by atoms with Crippen molar-refractivity contribution in [2.75, 3.05) is 71.3 Å². The number of carbonyl (C=O) groups is 2. The predicted molar refractivity (Wildman–Crippen MR) is 268 cm³/mol. The summed E-state index contributed by atoms with van der Waals surface area (Å²) >= 11 is 8.78. The fourth-order valence-electron chi connectivity index (χ4n) is 7.75. The van der Waals surface area contributed by atoms with Crippen LogP contribution in [-0.4, -0.2) is 129 Å². The molecule has 0 radical (unpaired) electrons. The Labute approximate surface area is 418 Å². The number of carbonyl (C=O) groups excluding carboxylic acids is 2. The number of hydrogen-bond donors (Lipinski definition) is 5. The van der Waals surface area contributed by atoms with Gasteiger partial charge in [0, 0.05) is 30.8 Å². The second-order valence-corrected chi connectivity index (χ2v) is 17.4. The Morgan fingerprint density at radius 3 is 1.61 bits per heavy atom. The number of benzene rings is 2. The number of primary amides is 2. The molecule has 8 aromatic rings. The summed E-state index contributed by atoms with van der Waals surface area (Å²) in [4.78, 5) is 60.7. The molecule has 0 unspecified atom stereocenters. The van der Waals surface area contributed by atoms with Gasteiger partial charge in [-0.3, -0.25) is 9.59 Å². The quantitative estimate of drug-likeness (QED) is 0.0802. The van der Waals surface area contributed by atoms with Crippen molar-refractivity contribution >= 4 is 96.0 Å². The largest absolute Gasteiger partial charge is 0.493 e. The second-order valence-electron chi connectivity index (χ2n) is 15.4. The van der Waals surface area contributed by atoms with Gasteiger partial charge >= 0.3 is 0 Å². The van der Waals surface area contributed by atoms with Gasteiger partial charge in [0.05, 0.1) is 83.5 Å². The zero-order valence-corrected chi connectivity index (χ0v) is 41.6. The van der Waals surface area contributed by atoms with Gasteiger partial charge in [0.1, 0.15) is 41.4 Å². The van der Waals surface area contributed by atoms with E-state index in [4.69, 9.17) is 51.5 Å². The molecular formula is C44H49ClN16O8S2. The summed E-state index contributed by atoms with van der Waals surface area (Å²) < 4.78 is 36.1. The molecule has 7 N–H and O–H groups in total. The smallest absolute Gasteiger partial charge is 0.240 e. The number of imidazole rings is 2. The van der Waals surface area contributed by atoms with Crippen LogP contribution in [0.15, 0.2) is 60.3 Å². The third-order valence-electron chi connectivity index (χ3n) is 11.2. The van der Waals surface area contributed by atoms with Crippen molar-refractivity contribution in [3.05, 3.63) is 65.6 Å². The number of methoxy groups -OCH3 is 6. The molecule has 2 aliphatic heterocycles. The van der Waals surface area contributed by atoms with Gasteiger partial charge in [-0.15, -0.1) is 22.7 Å². The summed E-state index contributed by atoms with van der Waals surface area (Å²) in [5.41, 5.74) is 16.8. The summed E-state index contributed by atoms with van der Waals surface area (Å²) in [6.07, 6.45) is 10.4. The van der Waals surface area contributed by atoms with Crippen LogP contribution in [0.25, 0.3) is 32.1 Å². The highest BCUT2D eigenvalue weighted by Gasteiger charge is 2.32. The molecule has 0 bridgehead atoms. The first-order valence-electron chi connectivity index (χ1n) is 21.6. The molecule has 10 rings (SSSR count). The third-order valence-corrected chi connectivity index (χ3v) is 12.8. The van der Waals surface area contributed by atoms with Crippen LogP contribution < -0.4 is 60.7 Å². The van der Waals surface area contributed by atoms with Crippen molar-refractivity contribution in [3.63, 3.8) is 0 Å². The molecule has 71 heavy (non-hydrogen) atoms. The molecule has 0 saturated carbocycles. The molecule has 0 aliphatic carbocycles. The number of aromatic nitrogens is 10. The van der Waals surface area contributed by atoms with E-state index >= 15 is 0 Å². The topological polar surface area (TPSA) is 294 Å². The SMILES string of the molecule is COc1cc(-n2cnc(Nc3nc(Cl)nc4scnc34)c2)cc(OC)c1OC.COc1cc(-n2cnc(Nc3nc(N4CCC[C@@H]4C(N)=O)nc4scnc34)c2)cc(OC)c1OC.NC(=O)[C@H]1CCCN1.